The number of ether oxygens (including phenoxy) is 1. The van der Waals surface area contributed by atoms with Crippen LogP contribution in [-0.2, 0) is 0 Å². The molecule has 1 nitrogen and oxygen atoms in total. The van der Waals surface area contributed by atoms with E-state index in [0.717, 1.165) is 16.9 Å². The van der Waals surface area contributed by atoms with E-state index in [1.807, 2.05) is 30.3 Å². The molecule has 2 aromatic rings. The molecule has 0 amide bonds. The highest BCUT2D eigenvalue weighted by Gasteiger charge is 1.94. The first-order valence-corrected chi connectivity index (χ1v) is 6.59. The Balaban J connectivity index is 1.96. The minimum atomic E-state index is 0.418. The molecule has 0 unspecified atom stereocenters. The molecule has 0 saturated heterocycles. The Morgan fingerprint density at radius 2 is 1.70 bits per heavy atom. The molecule has 2 rings (SSSR count). The van der Waals surface area contributed by atoms with E-state index < -0.39 is 0 Å². The van der Waals surface area contributed by atoms with Gasteiger partial charge in [-0.3, -0.25) is 0 Å². The first-order valence-electron chi connectivity index (χ1n) is 6.59. The maximum atomic E-state index is 5.60. The summed E-state index contributed by atoms with van der Waals surface area (Å²) in [6.45, 7) is 8.50. The van der Waals surface area contributed by atoms with Gasteiger partial charge in [-0.2, -0.15) is 0 Å². The Hall–Kier alpha value is -2.46. The molecule has 1 heteroatoms. The van der Waals surface area contributed by atoms with Crippen molar-refractivity contribution in [2.75, 3.05) is 6.61 Å². The van der Waals surface area contributed by atoms with Crippen LogP contribution >= 0.6 is 0 Å². The fraction of sp³-hybridized carbons (Fsp3) is 0.158. The second kappa shape index (κ2) is 6.63. The molecule has 0 heterocycles. The molecule has 0 aromatic heterocycles. The van der Waals surface area contributed by atoms with Gasteiger partial charge in [0, 0.05) is 11.1 Å². The highest BCUT2D eigenvalue weighted by atomic mass is 16.5. The van der Waals surface area contributed by atoms with E-state index in [1.165, 1.54) is 11.1 Å². The van der Waals surface area contributed by atoms with Crippen molar-refractivity contribution in [3.8, 4) is 17.6 Å². The van der Waals surface area contributed by atoms with E-state index in [0.29, 0.717) is 6.61 Å². The molecule has 0 atom stereocenters. The van der Waals surface area contributed by atoms with Gasteiger partial charge < -0.3 is 4.74 Å². The maximum Gasteiger partial charge on any atom is 0.120 e. The first kappa shape index (κ1) is 14.0. The Morgan fingerprint density at radius 1 is 1.05 bits per heavy atom. The molecule has 0 radical (unpaired) electrons. The zero-order chi connectivity index (χ0) is 14.4. The zero-order valence-corrected chi connectivity index (χ0v) is 11.9. The summed E-state index contributed by atoms with van der Waals surface area (Å²) in [6.07, 6.45) is 0. The summed E-state index contributed by atoms with van der Waals surface area (Å²) in [5.41, 5.74) is 4.23. The van der Waals surface area contributed by atoms with Gasteiger partial charge in [-0.1, -0.05) is 42.7 Å². The Morgan fingerprint density at radius 3 is 2.35 bits per heavy atom. The van der Waals surface area contributed by atoms with Crippen LogP contribution in [0.4, 0.5) is 0 Å². The van der Waals surface area contributed by atoms with Crippen LogP contribution in [0.1, 0.15) is 16.7 Å². The number of benzene rings is 2. The minimum absolute atomic E-state index is 0.418. The number of hydrogen-bond acceptors (Lipinski definition) is 1. The monoisotopic (exact) mass is 262 g/mol. The second-order valence-corrected chi connectivity index (χ2v) is 4.83. The van der Waals surface area contributed by atoms with Crippen LogP contribution in [0.3, 0.4) is 0 Å². The lowest BCUT2D eigenvalue weighted by molar-refractivity contribution is 0.357. The topological polar surface area (TPSA) is 9.23 Å². The van der Waals surface area contributed by atoms with E-state index in [2.05, 4.69) is 50.5 Å². The molecule has 0 spiro atoms. The zero-order valence-electron chi connectivity index (χ0n) is 11.9. The van der Waals surface area contributed by atoms with Gasteiger partial charge in [0.15, 0.2) is 0 Å². The van der Waals surface area contributed by atoms with Crippen molar-refractivity contribution >= 4 is 0 Å². The van der Waals surface area contributed by atoms with Gasteiger partial charge in [-0.05, 0) is 49.2 Å². The average Bonchev–Trinajstić information content (AvgIpc) is 2.43. The van der Waals surface area contributed by atoms with E-state index >= 15 is 0 Å². The van der Waals surface area contributed by atoms with Crippen molar-refractivity contribution < 1.29 is 4.74 Å². The molecule has 0 aliphatic rings. The lowest BCUT2D eigenvalue weighted by Gasteiger charge is -2.04. The van der Waals surface area contributed by atoms with E-state index in [4.69, 9.17) is 4.74 Å². The molecular weight excluding hydrogens is 244 g/mol. The summed E-state index contributed by atoms with van der Waals surface area (Å²) in [5.74, 6) is 7.02. The number of hydrogen-bond donors (Lipinski definition) is 0. The average molecular weight is 262 g/mol. The predicted molar refractivity (Wildman–Crippen MR) is 83.9 cm³/mol. The van der Waals surface area contributed by atoms with Crippen molar-refractivity contribution in [2.45, 2.75) is 13.8 Å². The lowest BCUT2D eigenvalue weighted by Crippen LogP contribution is -1.98. The fourth-order valence-electron chi connectivity index (χ4n) is 1.93. The third-order valence-electron chi connectivity index (χ3n) is 2.76. The van der Waals surface area contributed by atoms with Gasteiger partial charge in [0.05, 0.1) is 0 Å². The highest BCUT2D eigenvalue weighted by molar-refractivity contribution is 5.43. The van der Waals surface area contributed by atoms with Crippen molar-refractivity contribution in [1.82, 2.24) is 0 Å². The van der Waals surface area contributed by atoms with Gasteiger partial charge in [0.2, 0.25) is 0 Å². The predicted octanol–water partition coefficient (Wildman–Crippen LogP) is 4.29. The van der Waals surface area contributed by atoms with E-state index in [9.17, 15) is 0 Å². The molecule has 0 aliphatic heterocycles. The fourth-order valence-corrected chi connectivity index (χ4v) is 1.93. The molecule has 0 saturated carbocycles. The minimum Gasteiger partial charge on any atom is -0.488 e. The van der Waals surface area contributed by atoms with Gasteiger partial charge in [0.25, 0.3) is 0 Å². The van der Waals surface area contributed by atoms with Gasteiger partial charge in [-0.15, -0.1) is 0 Å². The van der Waals surface area contributed by atoms with Crippen molar-refractivity contribution in [1.29, 1.82) is 0 Å². The molecule has 2 aromatic carbocycles. The quantitative estimate of drug-likeness (QED) is 0.750. The molecule has 0 aliphatic carbocycles. The number of aryl methyl sites for hydroxylation is 2. The Bertz CT molecular complexity index is 637. The maximum absolute atomic E-state index is 5.60. The van der Waals surface area contributed by atoms with E-state index in [-0.39, 0.29) is 0 Å². The van der Waals surface area contributed by atoms with Crippen LogP contribution in [0.2, 0.25) is 0 Å². The number of para-hydroxylation sites is 1. The molecule has 0 N–H and O–H groups in total. The summed E-state index contributed by atoms with van der Waals surface area (Å²) in [4.78, 5) is 0. The molecule has 20 heavy (non-hydrogen) atoms. The van der Waals surface area contributed by atoms with Crippen LogP contribution in [0.25, 0.3) is 0 Å². The smallest absolute Gasteiger partial charge is 0.120 e. The molecule has 0 bridgehead atoms. The van der Waals surface area contributed by atoms with Crippen LogP contribution in [0, 0.1) is 25.7 Å². The van der Waals surface area contributed by atoms with Crippen molar-refractivity contribution in [3.05, 3.63) is 77.4 Å². The Kier molecular flexibility index (Phi) is 4.63. The van der Waals surface area contributed by atoms with Gasteiger partial charge in [-0.25, -0.2) is 0 Å². The van der Waals surface area contributed by atoms with E-state index in [1.54, 1.807) is 0 Å². The van der Waals surface area contributed by atoms with Crippen molar-refractivity contribution in [2.24, 2.45) is 0 Å². The van der Waals surface area contributed by atoms with Crippen LogP contribution in [0.15, 0.2) is 60.7 Å². The summed E-state index contributed by atoms with van der Waals surface area (Å²) in [6, 6.07) is 16.0. The molecule has 0 fully saturated rings. The normalized spacial score (nSPS) is 9.50. The summed E-state index contributed by atoms with van der Waals surface area (Å²) in [7, 11) is 0. The lowest BCUT2D eigenvalue weighted by atomic mass is 10.1. The summed E-state index contributed by atoms with van der Waals surface area (Å²) < 4.78 is 5.60. The standard InChI is InChI=1S/C19H18O/c1-15(14-20-19-7-5-4-6-8-19)9-10-18-12-16(2)11-17(3)13-18/h4-8,11-13H,1,14H2,2-3H3. The highest BCUT2D eigenvalue weighted by Crippen LogP contribution is 2.10. The molecule has 100 valence electrons. The number of rotatable bonds is 3. The summed E-state index contributed by atoms with van der Waals surface area (Å²) in [5, 5.41) is 0. The van der Waals surface area contributed by atoms with Gasteiger partial charge >= 0.3 is 0 Å². The molecular formula is C19H18O. The van der Waals surface area contributed by atoms with Crippen LogP contribution in [0.5, 0.6) is 5.75 Å². The van der Waals surface area contributed by atoms with Gasteiger partial charge in [0.1, 0.15) is 12.4 Å². The largest absolute Gasteiger partial charge is 0.488 e. The Labute approximate surface area is 120 Å². The third kappa shape index (κ3) is 4.33. The third-order valence-corrected chi connectivity index (χ3v) is 2.76. The first-order chi connectivity index (χ1) is 9.63. The second-order valence-electron chi connectivity index (χ2n) is 4.83. The summed E-state index contributed by atoms with van der Waals surface area (Å²) >= 11 is 0. The SMILES string of the molecule is C=C(C#Cc1cc(C)cc(C)c1)COc1ccccc1. The van der Waals surface area contributed by atoms with Crippen LogP contribution < -0.4 is 4.74 Å². The van der Waals surface area contributed by atoms with Crippen LogP contribution in [-0.4, -0.2) is 6.61 Å². The van der Waals surface area contributed by atoms with Crippen molar-refractivity contribution in [3.63, 3.8) is 0 Å².